The Bertz CT molecular complexity index is 1960. The summed E-state index contributed by atoms with van der Waals surface area (Å²) >= 11 is 0. The maximum atomic E-state index is 14.4. The second kappa shape index (κ2) is 18.5. The summed E-state index contributed by atoms with van der Waals surface area (Å²) in [5, 5.41) is 25.5. The summed E-state index contributed by atoms with van der Waals surface area (Å²) in [6, 6.07) is 17.6. The van der Waals surface area contributed by atoms with Crippen LogP contribution in [-0.2, 0) is 35.4 Å². The molecule has 57 heavy (non-hydrogen) atoms. The number of aliphatic hydroxyl groups excluding tert-OH is 1. The van der Waals surface area contributed by atoms with E-state index in [1.54, 1.807) is 0 Å². The van der Waals surface area contributed by atoms with E-state index in [0.717, 1.165) is 5.56 Å². The number of rotatable bonds is 18. The first-order valence-electron chi connectivity index (χ1n) is 18.7. The van der Waals surface area contributed by atoms with Gasteiger partial charge in [0.15, 0.2) is 17.8 Å². The average Bonchev–Trinajstić information content (AvgIpc) is 3.94. The molecule has 0 saturated carbocycles. The van der Waals surface area contributed by atoms with Gasteiger partial charge in [0, 0.05) is 31.3 Å². The standard InChI is InChI=1S/C39H47N3O14S/c1-39(2,17-6-7-18-51-38(45)55-28-12-10-27(11-13-28)42(46)47)24-41(57(48,49)29-14-15-33-34(21-29)54-25-53-33)22-32(43)31(20-26-8-4-3-5-9-26)40-37(44)56-35-23-52-36-30(35)16-19-50-36/h3-5,8-15,21,30-32,35-36,43H,6-7,16-20,22-25H2,1-2H3,(H,40,44)/t30-,31-,32-,35-,36+/m0/s1. The maximum absolute atomic E-state index is 14.4. The number of sulfonamides is 1. The fraction of sp³-hybridized carbons (Fsp3) is 0.487. The number of aliphatic hydroxyl groups is 1. The molecule has 2 N–H and O–H groups in total. The Hall–Kier alpha value is -5.01. The molecule has 1 amide bonds. The monoisotopic (exact) mass is 813 g/mol. The van der Waals surface area contributed by atoms with Crippen molar-refractivity contribution < 1.29 is 61.2 Å². The fourth-order valence-corrected chi connectivity index (χ4v) is 8.63. The number of amides is 1. The fourth-order valence-electron chi connectivity index (χ4n) is 6.97. The molecule has 3 aromatic rings. The predicted molar refractivity (Wildman–Crippen MR) is 201 cm³/mol. The Kier molecular flexibility index (Phi) is 13.5. The summed E-state index contributed by atoms with van der Waals surface area (Å²) in [6.45, 7) is 4.06. The maximum Gasteiger partial charge on any atom is 0.513 e. The van der Waals surface area contributed by atoms with E-state index >= 15 is 0 Å². The third kappa shape index (κ3) is 11.1. The van der Waals surface area contributed by atoms with Crippen LogP contribution in [-0.4, -0.2) is 99.2 Å². The molecular weight excluding hydrogens is 767 g/mol. The van der Waals surface area contributed by atoms with E-state index < -0.39 is 57.1 Å². The molecule has 3 aliphatic heterocycles. The lowest BCUT2D eigenvalue weighted by atomic mass is 9.87. The van der Waals surface area contributed by atoms with Crippen molar-refractivity contribution in [3.05, 3.63) is 88.5 Å². The molecule has 5 atom stereocenters. The molecule has 0 spiro atoms. The first kappa shape index (κ1) is 41.6. The normalized spacial score (nSPS) is 19.8. The highest BCUT2D eigenvalue weighted by Gasteiger charge is 2.44. The molecule has 0 aromatic heterocycles. The Balaban J connectivity index is 1.12. The predicted octanol–water partition coefficient (Wildman–Crippen LogP) is 5.19. The zero-order valence-electron chi connectivity index (χ0n) is 31.7. The van der Waals surface area contributed by atoms with Gasteiger partial charge < -0.3 is 43.6 Å². The quantitative estimate of drug-likeness (QED) is 0.0557. The van der Waals surface area contributed by atoms with Crippen molar-refractivity contribution in [3.63, 3.8) is 0 Å². The van der Waals surface area contributed by atoms with Gasteiger partial charge in [0.25, 0.3) is 5.69 Å². The van der Waals surface area contributed by atoms with Crippen molar-refractivity contribution >= 4 is 28.0 Å². The van der Waals surface area contributed by atoms with Gasteiger partial charge in [0.2, 0.25) is 16.8 Å². The molecule has 0 unspecified atom stereocenters. The third-order valence-electron chi connectivity index (χ3n) is 10.0. The molecule has 17 nitrogen and oxygen atoms in total. The number of ether oxygens (including phenoxy) is 7. The molecule has 0 radical (unpaired) electrons. The summed E-state index contributed by atoms with van der Waals surface area (Å²) < 4.78 is 68.1. The topological polar surface area (TPSA) is 212 Å². The van der Waals surface area contributed by atoms with Crippen LogP contribution in [0.4, 0.5) is 15.3 Å². The van der Waals surface area contributed by atoms with Crippen LogP contribution in [0.1, 0.15) is 45.1 Å². The van der Waals surface area contributed by atoms with Crippen molar-refractivity contribution in [2.45, 2.75) is 75.4 Å². The molecule has 6 rings (SSSR count). The van der Waals surface area contributed by atoms with Gasteiger partial charge in [-0.25, -0.2) is 18.0 Å². The molecule has 3 aromatic carbocycles. The molecule has 2 saturated heterocycles. The number of benzene rings is 3. The van der Waals surface area contributed by atoms with E-state index in [0.29, 0.717) is 38.0 Å². The van der Waals surface area contributed by atoms with E-state index in [9.17, 15) is 33.2 Å². The number of nitro benzene ring substituents is 1. The largest absolute Gasteiger partial charge is 0.513 e. The summed E-state index contributed by atoms with van der Waals surface area (Å²) in [5.41, 5.74) is 0.0120. The molecule has 308 valence electrons. The van der Waals surface area contributed by atoms with Crippen LogP contribution in [0.5, 0.6) is 17.2 Å². The van der Waals surface area contributed by atoms with Crippen molar-refractivity contribution in [1.82, 2.24) is 9.62 Å². The number of alkyl carbamates (subject to hydrolysis) is 1. The highest BCUT2D eigenvalue weighted by Crippen LogP contribution is 2.36. The number of fused-ring (bicyclic) bond motifs is 2. The number of carbonyl (C=O) groups excluding carboxylic acids is 2. The van der Waals surface area contributed by atoms with Gasteiger partial charge in [-0.2, -0.15) is 4.31 Å². The van der Waals surface area contributed by atoms with Gasteiger partial charge in [0.1, 0.15) is 11.9 Å². The highest BCUT2D eigenvalue weighted by molar-refractivity contribution is 7.89. The molecular formula is C39H47N3O14S. The number of non-ortho nitro benzene ring substituents is 1. The van der Waals surface area contributed by atoms with Crippen LogP contribution in [0.15, 0.2) is 77.7 Å². The van der Waals surface area contributed by atoms with E-state index in [2.05, 4.69) is 5.32 Å². The number of nitro groups is 1. The SMILES string of the molecule is CC(C)(CCCCOC(=O)Oc1ccc([N+](=O)[O-])cc1)CN(C[C@H](O)[C@H](Cc1ccccc1)NC(=O)O[C@H]1CO[C@H]2OCC[C@H]21)S(=O)(=O)c1ccc2c(c1)OCO2. The van der Waals surface area contributed by atoms with Crippen LogP contribution in [0.25, 0.3) is 0 Å². The molecule has 0 aliphatic carbocycles. The van der Waals surface area contributed by atoms with Gasteiger partial charge in [-0.3, -0.25) is 10.1 Å². The smallest absolute Gasteiger partial charge is 0.454 e. The minimum absolute atomic E-state index is 0.0180. The molecule has 3 heterocycles. The lowest BCUT2D eigenvalue weighted by Crippen LogP contribution is -2.52. The molecule has 0 bridgehead atoms. The molecule has 2 fully saturated rings. The molecule has 18 heteroatoms. The van der Waals surface area contributed by atoms with Gasteiger partial charge >= 0.3 is 12.2 Å². The lowest BCUT2D eigenvalue weighted by Gasteiger charge is -2.35. The van der Waals surface area contributed by atoms with Gasteiger partial charge in [-0.15, -0.1) is 0 Å². The van der Waals surface area contributed by atoms with E-state index in [1.165, 1.54) is 46.8 Å². The van der Waals surface area contributed by atoms with Crippen molar-refractivity contribution in [2.75, 3.05) is 39.7 Å². The zero-order chi connectivity index (χ0) is 40.6. The van der Waals surface area contributed by atoms with Crippen LogP contribution in [0.3, 0.4) is 0 Å². The number of nitrogens with one attached hydrogen (secondary N) is 1. The van der Waals surface area contributed by atoms with Crippen LogP contribution < -0.4 is 19.5 Å². The number of hydrogen-bond donors (Lipinski definition) is 2. The summed E-state index contributed by atoms with van der Waals surface area (Å²) in [6.07, 6.45) is -1.71. The first-order valence-corrected chi connectivity index (χ1v) is 20.1. The van der Waals surface area contributed by atoms with E-state index in [-0.39, 0.29) is 67.5 Å². The Morgan fingerprint density at radius 2 is 1.79 bits per heavy atom. The molecule has 3 aliphatic rings. The second-order valence-corrected chi connectivity index (χ2v) is 16.8. The second-order valence-electron chi connectivity index (χ2n) is 14.9. The van der Waals surface area contributed by atoms with Crippen LogP contribution in [0, 0.1) is 21.4 Å². The zero-order valence-corrected chi connectivity index (χ0v) is 32.5. The minimum Gasteiger partial charge on any atom is -0.454 e. The van der Waals surface area contributed by atoms with Gasteiger partial charge in [0.05, 0.1) is 47.7 Å². The number of unbranched alkanes of at least 4 members (excludes halogenated alkanes) is 1. The van der Waals surface area contributed by atoms with E-state index in [1.807, 2.05) is 44.2 Å². The van der Waals surface area contributed by atoms with Crippen molar-refractivity contribution in [2.24, 2.45) is 11.3 Å². The number of hydrogen-bond acceptors (Lipinski definition) is 14. The van der Waals surface area contributed by atoms with Gasteiger partial charge in [-0.1, -0.05) is 44.2 Å². The lowest BCUT2D eigenvalue weighted by molar-refractivity contribution is -0.384. The number of nitrogens with zero attached hydrogens (tertiary/aromatic N) is 2. The minimum atomic E-state index is -4.26. The Labute approximate surface area is 330 Å². The highest BCUT2D eigenvalue weighted by atomic mass is 32.2. The average molecular weight is 814 g/mol. The number of carbonyl (C=O) groups is 2. The summed E-state index contributed by atoms with van der Waals surface area (Å²) in [7, 11) is -4.26. The van der Waals surface area contributed by atoms with E-state index in [4.69, 9.17) is 33.2 Å². The Morgan fingerprint density at radius 1 is 1.04 bits per heavy atom. The first-order chi connectivity index (χ1) is 27.3. The van der Waals surface area contributed by atoms with Crippen LogP contribution >= 0.6 is 0 Å². The summed E-state index contributed by atoms with van der Waals surface area (Å²) in [4.78, 5) is 35.7. The van der Waals surface area contributed by atoms with Gasteiger partial charge in [-0.05, 0) is 67.3 Å². The van der Waals surface area contributed by atoms with Crippen molar-refractivity contribution in [1.29, 1.82) is 0 Å². The van der Waals surface area contributed by atoms with Crippen molar-refractivity contribution in [3.8, 4) is 17.2 Å². The van der Waals surface area contributed by atoms with Crippen LogP contribution in [0.2, 0.25) is 0 Å². The third-order valence-corrected chi connectivity index (χ3v) is 11.8. The summed E-state index contributed by atoms with van der Waals surface area (Å²) in [5.74, 6) is 0.686. The Morgan fingerprint density at radius 3 is 2.54 bits per heavy atom.